The normalized spacial score (nSPS) is 14.0. The van der Waals surface area contributed by atoms with Crippen LogP contribution < -0.4 is 4.31 Å². The third-order valence-corrected chi connectivity index (χ3v) is 6.14. The molecule has 0 aliphatic carbocycles. The monoisotopic (exact) mass is 410 g/mol. The van der Waals surface area contributed by atoms with Crippen LogP contribution in [0.5, 0.6) is 0 Å². The van der Waals surface area contributed by atoms with Crippen molar-refractivity contribution in [3.8, 4) is 0 Å². The van der Waals surface area contributed by atoms with E-state index in [1.165, 1.54) is 27.6 Å². The lowest BCUT2D eigenvalue weighted by atomic mass is 10.00. The molecule has 1 aliphatic heterocycles. The van der Waals surface area contributed by atoms with Crippen molar-refractivity contribution in [2.75, 3.05) is 24.2 Å². The Bertz CT molecular complexity index is 974. The first-order chi connectivity index (χ1) is 12.7. The lowest BCUT2D eigenvalue weighted by Crippen LogP contribution is -2.35. The van der Waals surface area contributed by atoms with Crippen LogP contribution in [0, 0.1) is 5.82 Å². The molecular formula is C19H20ClFN2O3S. The van der Waals surface area contributed by atoms with Crippen LogP contribution in [0.15, 0.2) is 36.4 Å². The second-order valence-electron chi connectivity index (χ2n) is 6.64. The maximum atomic E-state index is 14.0. The summed E-state index contributed by atoms with van der Waals surface area (Å²) in [5.41, 5.74) is 2.12. The summed E-state index contributed by atoms with van der Waals surface area (Å²) in [6.45, 7) is 0.474. The highest BCUT2D eigenvalue weighted by Gasteiger charge is 2.25. The molecule has 0 unspecified atom stereocenters. The predicted octanol–water partition coefficient (Wildman–Crippen LogP) is 3.46. The van der Waals surface area contributed by atoms with E-state index >= 15 is 0 Å². The Hall–Kier alpha value is -2.12. The minimum absolute atomic E-state index is 0.0386. The van der Waals surface area contributed by atoms with Gasteiger partial charge in [0.2, 0.25) is 10.0 Å². The fourth-order valence-electron chi connectivity index (χ4n) is 3.25. The van der Waals surface area contributed by atoms with Crippen molar-refractivity contribution < 1.29 is 17.6 Å². The second-order valence-corrected chi connectivity index (χ2v) is 8.96. The van der Waals surface area contributed by atoms with Gasteiger partial charge < -0.3 is 4.90 Å². The van der Waals surface area contributed by atoms with Crippen LogP contribution in [0.2, 0.25) is 5.02 Å². The fourth-order valence-corrected chi connectivity index (χ4v) is 4.47. The Morgan fingerprint density at radius 1 is 1.30 bits per heavy atom. The molecule has 2 aromatic rings. The summed E-state index contributed by atoms with van der Waals surface area (Å²) in [7, 11) is -1.78. The zero-order valence-electron chi connectivity index (χ0n) is 15.1. The van der Waals surface area contributed by atoms with Gasteiger partial charge >= 0.3 is 0 Å². The first-order valence-electron chi connectivity index (χ1n) is 8.47. The van der Waals surface area contributed by atoms with Crippen molar-refractivity contribution in [3.63, 3.8) is 0 Å². The van der Waals surface area contributed by atoms with Crippen LogP contribution in [-0.2, 0) is 23.0 Å². The Morgan fingerprint density at radius 2 is 2.04 bits per heavy atom. The molecule has 0 aromatic heterocycles. The Kier molecular flexibility index (Phi) is 5.44. The predicted molar refractivity (Wildman–Crippen MR) is 104 cm³/mol. The van der Waals surface area contributed by atoms with Crippen LogP contribution >= 0.6 is 11.6 Å². The lowest BCUT2D eigenvalue weighted by molar-refractivity contribution is 0.0784. The van der Waals surface area contributed by atoms with Crippen molar-refractivity contribution in [2.45, 2.75) is 19.4 Å². The molecule has 0 saturated heterocycles. The van der Waals surface area contributed by atoms with E-state index in [0.717, 1.165) is 5.56 Å². The first kappa shape index (κ1) is 19.6. The van der Waals surface area contributed by atoms with Gasteiger partial charge in [0.15, 0.2) is 0 Å². The third-order valence-electron chi connectivity index (χ3n) is 4.61. The number of carbonyl (C=O) groups is 1. The quantitative estimate of drug-likeness (QED) is 0.775. The minimum atomic E-state index is -3.36. The molecule has 0 spiro atoms. The summed E-state index contributed by atoms with van der Waals surface area (Å²) in [4.78, 5) is 14.2. The second kappa shape index (κ2) is 7.48. The summed E-state index contributed by atoms with van der Waals surface area (Å²) in [6.07, 6.45) is 2.57. The number of hydrogen-bond acceptors (Lipinski definition) is 3. The van der Waals surface area contributed by atoms with Gasteiger partial charge in [0.25, 0.3) is 5.91 Å². The molecule has 2 aromatic carbocycles. The van der Waals surface area contributed by atoms with Crippen molar-refractivity contribution in [3.05, 3.63) is 63.9 Å². The largest absolute Gasteiger partial charge is 0.337 e. The van der Waals surface area contributed by atoms with Crippen LogP contribution in [0.3, 0.4) is 0 Å². The van der Waals surface area contributed by atoms with Gasteiger partial charge in [-0.3, -0.25) is 9.10 Å². The van der Waals surface area contributed by atoms with Crippen LogP contribution in [0.1, 0.15) is 27.9 Å². The minimum Gasteiger partial charge on any atom is -0.337 e. The molecule has 1 amide bonds. The Balaban J connectivity index is 1.85. The van der Waals surface area contributed by atoms with E-state index in [4.69, 9.17) is 11.6 Å². The fraction of sp³-hybridized carbons (Fsp3) is 0.316. The molecule has 8 heteroatoms. The molecule has 144 valence electrons. The van der Waals surface area contributed by atoms with Gasteiger partial charge in [-0.05, 0) is 48.7 Å². The average molecular weight is 411 g/mol. The summed E-state index contributed by atoms with van der Waals surface area (Å²) in [5.74, 6) is -0.745. The number of sulfonamides is 1. The van der Waals surface area contributed by atoms with E-state index < -0.39 is 15.8 Å². The van der Waals surface area contributed by atoms with Gasteiger partial charge in [-0.15, -0.1) is 0 Å². The summed E-state index contributed by atoms with van der Waals surface area (Å²) >= 11 is 6.04. The Labute approximate surface area is 163 Å². The van der Waals surface area contributed by atoms with E-state index in [-0.39, 0.29) is 23.0 Å². The highest BCUT2D eigenvalue weighted by Crippen LogP contribution is 2.30. The van der Waals surface area contributed by atoms with Crippen molar-refractivity contribution in [1.29, 1.82) is 0 Å². The maximum Gasteiger partial charge on any atom is 0.253 e. The summed E-state index contributed by atoms with van der Waals surface area (Å²) in [5, 5.41) is 0.267. The maximum absolute atomic E-state index is 14.0. The molecule has 0 fully saturated rings. The van der Waals surface area contributed by atoms with E-state index in [9.17, 15) is 17.6 Å². The lowest BCUT2D eigenvalue weighted by Gasteiger charge is -2.29. The Morgan fingerprint density at radius 3 is 2.70 bits per heavy atom. The van der Waals surface area contributed by atoms with Crippen molar-refractivity contribution in [1.82, 2.24) is 4.90 Å². The average Bonchev–Trinajstić information content (AvgIpc) is 2.62. The first-order valence-corrected chi connectivity index (χ1v) is 10.7. The molecule has 0 bridgehead atoms. The molecule has 27 heavy (non-hydrogen) atoms. The van der Waals surface area contributed by atoms with E-state index in [1.807, 2.05) is 0 Å². The number of amides is 1. The number of aryl methyl sites for hydroxylation is 1. The summed E-state index contributed by atoms with van der Waals surface area (Å²) in [6, 6.07) is 9.38. The number of rotatable bonds is 4. The van der Waals surface area contributed by atoms with Crippen LogP contribution in [-0.4, -0.2) is 39.1 Å². The van der Waals surface area contributed by atoms with Gasteiger partial charge in [0.05, 0.1) is 11.9 Å². The topological polar surface area (TPSA) is 57.7 Å². The molecule has 0 atom stereocenters. The van der Waals surface area contributed by atoms with E-state index in [2.05, 4.69) is 0 Å². The molecule has 1 heterocycles. The molecule has 0 N–H and O–H groups in total. The number of benzene rings is 2. The molecule has 0 saturated carbocycles. The van der Waals surface area contributed by atoms with Gasteiger partial charge in [0, 0.05) is 36.3 Å². The van der Waals surface area contributed by atoms with Gasteiger partial charge in [-0.2, -0.15) is 0 Å². The molecule has 1 aliphatic rings. The third kappa shape index (κ3) is 4.09. The number of nitrogens with zero attached hydrogens (tertiary/aromatic N) is 2. The van der Waals surface area contributed by atoms with Gasteiger partial charge in [-0.1, -0.05) is 17.7 Å². The number of hydrogen-bond donors (Lipinski definition) is 0. The highest BCUT2D eigenvalue weighted by molar-refractivity contribution is 7.92. The van der Waals surface area contributed by atoms with Crippen molar-refractivity contribution in [2.24, 2.45) is 0 Å². The molecule has 5 nitrogen and oxygen atoms in total. The molecule has 3 rings (SSSR count). The standard InChI is InChI=1S/C19H20ClFN2O3S/c1-22(12-15-16(20)6-3-7-17(15)21)19(24)14-8-9-18-13(11-14)5-4-10-23(18)27(2,25)26/h3,6-9,11H,4-5,10,12H2,1-2H3. The summed E-state index contributed by atoms with van der Waals surface area (Å²) < 4.78 is 39.2. The SMILES string of the molecule is CN(Cc1c(F)cccc1Cl)C(=O)c1ccc2c(c1)CCCN2S(C)(=O)=O. The molecular weight excluding hydrogens is 391 g/mol. The smallest absolute Gasteiger partial charge is 0.253 e. The highest BCUT2D eigenvalue weighted by atomic mass is 35.5. The van der Waals surface area contributed by atoms with E-state index in [1.54, 1.807) is 31.3 Å². The van der Waals surface area contributed by atoms with Crippen molar-refractivity contribution >= 4 is 33.2 Å². The number of fused-ring (bicyclic) bond motifs is 1. The number of carbonyl (C=O) groups excluding carboxylic acids is 1. The van der Waals surface area contributed by atoms with Gasteiger partial charge in [-0.25, -0.2) is 12.8 Å². The van der Waals surface area contributed by atoms with Gasteiger partial charge in [0.1, 0.15) is 5.82 Å². The molecule has 0 radical (unpaired) electrons. The van der Waals surface area contributed by atoms with E-state index in [0.29, 0.717) is 30.6 Å². The van der Waals surface area contributed by atoms with Crippen LogP contribution in [0.4, 0.5) is 10.1 Å². The number of anilines is 1. The zero-order valence-corrected chi connectivity index (χ0v) is 16.6. The van der Waals surface area contributed by atoms with Crippen LogP contribution in [0.25, 0.3) is 0 Å². The number of halogens is 2. The zero-order chi connectivity index (χ0) is 19.8.